The van der Waals surface area contributed by atoms with Crippen LogP contribution in [0.15, 0.2) is 36.9 Å². The third kappa shape index (κ3) is 2.33. The van der Waals surface area contributed by atoms with Gasteiger partial charge in [-0.05, 0) is 63.8 Å². The molecule has 0 saturated heterocycles. The van der Waals surface area contributed by atoms with Crippen molar-refractivity contribution >= 4 is 22.4 Å². The maximum atomic E-state index is 4.33. The van der Waals surface area contributed by atoms with Gasteiger partial charge in [0.15, 0.2) is 0 Å². The Kier molecular flexibility index (Phi) is 3.71. The van der Waals surface area contributed by atoms with E-state index >= 15 is 0 Å². The molecule has 0 saturated carbocycles. The molecule has 0 radical (unpaired) electrons. The molecule has 3 rings (SSSR count). The van der Waals surface area contributed by atoms with Crippen LogP contribution < -0.4 is 0 Å². The lowest BCUT2D eigenvalue weighted by atomic mass is 9.84. The fourth-order valence-corrected chi connectivity index (χ4v) is 3.40. The van der Waals surface area contributed by atoms with Crippen molar-refractivity contribution in [3.8, 4) is 0 Å². The minimum atomic E-state index is 0.527. The van der Waals surface area contributed by atoms with Crippen molar-refractivity contribution < 1.29 is 0 Å². The molecule has 0 aliphatic heterocycles. The van der Waals surface area contributed by atoms with Crippen molar-refractivity contribution in [1.29, 1.82) is 0 Å². The number of hydrogen-bond acceptors (Lipinski definition) is 0. The molecular weight excluding hydrogens is 252 g/mol. The molecule has 0 amide bonds. The molecule has 0 heteroatoms. The van der Waals surface area contributed by atoms with Crippen LogP contribution in [0.25, 0.3) is 22.4 Å². The SMILES string of the molecule is C=C(CC)c1c(C(C)C)ccc2c3c(ccc12)CCC=C3. The van der Waals surface area contributed by atoms with Gasteiger partial charge in [-0.1, -0.05) is 63.8 Å². The molecule has 0 aromatic heterocycles. The Morgan fingerprint density at radius 2 is 1.90 bits per heavy atom. The summed E-state index contributed by atoms with van der Waals surface area (Å²) in [5.74, 6) is 0.527. The number of hydrogen-bond donors (Lipinski definition) is 0. The molecule has 108 valence electrons. The van der Waals surface area contributed by atoms with Crippen LogP contribution in [-0.4, -0.2) is 0 Å². The van der Waals surface area contributed by atoms with Gasteiger partial charge in [-0.2, -0.15) is 0 Å². The first-order chi connectivity index (χ1) is 10.1. The van der Waals surface area contributed by atoms with E-state index in [1.165, 1.54) is 38.6 Å². The zero-order valence-electron chi connectivity index (χ0n) is 13.4. The zero-order chi connectivity index (χ0) is 15.0. The number of allylic oxidation sites excluding steroid dienone is 2. The van der Waals surface area contributed by atoms with Crippen molar-refractivity contribution in [2.24, 2.45) is 0 Å². The lowest BCUT2D eigenvalue weighted by Crippen LogP contribution is -2.00. The molecule has 0 fully saturated rings. The third-order valence-electron chi connectivity index (χ3n) is 4.63. The highest BCUT2D eigenvalue weighted by atomic mass is 14.2. The van der Waals surface area contributed by atoms with Gasteiger partial charge in [0.05, 0.1) is 0 Å². The molecule has 2 aromatic carbocycles. The maximum absolute atomic E-state index is 4.33. The Labute approximate surface area is 128 Å². The summed E-state index contributed by atoms with van der Waals surface area (Å²) in [6.45, 7) is 11.1. The predicted octanol–water partition coefficient (Wildman–Crippen LogP) is 6.35. The Morgan fingerprint density at radius 1 is 1.14 bits per heavy atom. The van der Waals surface area contributed by atoms with Gasteiger partial charge in [-0.25, -0.2) is 0 Å². The highest BCUT2D eigenvalue weighted by Crippen LogP contribution is 2.37. The molecule has 2 aromatic rings. The van der Waals surface area contributed by atoms with Crippen LogP contribution in [-0.2, 0) is 6.42 Å². The number of benzene rings is 2. The van der Waals surface area contributed by atoms with Crippen LogP contribution in [0.2, 0.25) is 0 Å². The van der Waals surface area contributed by atoms with E-state index in [1.807, 2.05) is 0 Å². The molecule has 21 heavy (non-hydrogen) atoms. The topological polar surface area (TPSA) is 0 Å². The Balaban J connectivity index is 2.37. The van der Waals surface area contributed by atoms with Crippen molar-refractivity contribution in [2.75, 3.05) is 0 Å². The first-order valence-electron chi connectivity index (χ1n) is 8.06. The zero-order valence-corrected chi connectivity index (χ0v) is 13.4. The lowest BCUT2D eigenvalue weighted by molar-refractivity contribution is 0.863. The van der Waals surface area contributed by atoms with Crippen LogP contribution in [0, 0.1) is 0 Å². The Hall–Kier alpha value is -1.82. The van der Waals surface area contributed by atoms with Gasteiger partial charge < -0.3 is 0 Å². The second-order valence-corrected chi connectivity index (χ2v) is 6.32. The lowest BCUT2D eigenvalue weighted by Gasteiger charge is -2.20. The Morgan fingerprint density at radius 3 is 2.62 bits per heavy atom. The summed E-state index contributed by atoms with van der Waals surface area (Å²) in [6.07, 6.45) is 7.93. The van der Waals surface area contributed by atoms with E-state index in [1.54, 1.807) is 0 Å². The van der Waals surface area contributed by atoms with Gasteiger partial charge in [0.1, 0.15) is 0 Å². The molecule has 0 spiro atoms. The van der Waals surface area contributed by atoms with E-state index < -0.39 is 0 Å². The van der Waals surface area contributed by atoms with E-state index in [4.69, 9.17) is 0 Å². The van der Waals surface area contributed by atoms with E-state index in [0.29, 0.717) is 5.92 Å². The largest absolute Gasteiger partial charge is 0.0952 e. The summed E-state index contributed by atoms with van der Waals surface area (Å²) >= 11 is 0. The highest BCUT2D eigenvalue weighted by Gasteiger charge is 2.16. The molecule has 0 N–H and O–H groups in total. The van der Waals surface area contributed by atoms with Crippen LogP contribution in [0.1, 0.15) is 61.8 Å². The average molecular weight is 276 g/mol. The van der Waals surface area contributed by atoms with Crippen LogP contribution in [0.3, 0.4) is 0 Å². The van der Waals surface area contributed by atoms with Gasteiger partial charge in [-0.3, -0.25) is 0 Å². The predicted molar refractivity (Wildman–Crippen MR) is 94.7 cm³/mol. The summed E-state index contributed by atoms with van der Waals surface area (Å²) in [5, 5.41) is 2.76. The van der Waals surface area contributed by atoms with Crippen molar-refractivity contribution in [3.05, 3.63) is 59.2 Å². The third-order valence-corrected chi connectivity index (χ3v) is 4.63. The van der Waals surface area contributed by atoms with E-state index in [9.17, 15) is 0 Å². The van der Waals surface area contributed by atoms with Crippen molar-refractivity contribution in [2.45, 2.75) is 46.0 Å². The maximum Gasteiger partial charge on any atom is -0.00998 e. The molecule has 0 atom stereocenters. The smallest absolute Gasteiger partial charge is 0.00998 e. The van der Waals surface area contributed by atoms with Gasteiger partial charge >= 0.3 is 0 Å². The molecule has 1 aliphatic carbocycles. The summed E-state index contributed by atoms with van der Waals surface area (Å²) in [6, 6.07) is 9.25. The average Bonchev–Trinajstić information content (AvgIpc) is 2.52. The summed E-state index contributed by atoms with van der Waals surface area (Å²) in [5.41, 5.74) is 6.96. The minimum absolute atomic E-state index is 0.527. The molecule has 0 heterocycles. The second-order valence-electron chi connectivity index (χ2n) is 6.32. The quantitative estimate of drug-likeness (QED) is 0.613. The second kappa shape index (κ2) is 5.52. The first kappa shape index (κ1) is 14.1. The minimum Gasteiger partial charge on any atom is -0.0952 e. The van der Waals surface area contributed by atoms with Gasteiger partial charge in [0.25, 0.3) is 0 Å². The molecule has 0 bridgehead atoms. The number of fused-ring (bicyclic) bond motifs is 3. The van der Waals surface area contributed by atoms with Crippen molar-refractivity contribution in [3.63, 3.8) is 0 Å². The van der Waals surface area contributed by atoms with Gasteiger partial charge in [-0.15, -0.1) is 0 Å². The summed E-state index contributed by atoms with van der Waals surface area (Å²) in [7, 11) is 0. The normalized spacial score (nSPS) is 13.7. The fourth-order valence-electron chi connectivity index (χ4n) is 3.40. The molecule has 1 aliphatic rings. The van der Waals surface area contributed by atoms with Gasteiger partial charge in [0.2, 0.25) is 0 Å². The van der Waals surface area contributed by atoms with Crippen molar-refractivity contribution in [1.82, 2.24) is 0 Å². The highest BCUT2D eigenvalue weighted by molar-refractivity contribution is 6.00. The van der Waals surface area contributed by atoms with Gasteiger partial charge in [0, 0.05) is 0 Å². The summed E-state index contributed by atoms with van der Waals surface area (Å²) in [4.78, 5) is 0. The number of aryl methyl sites for hydroxylation is 1. The molecular formula is C21H24. The molecule has 0 unspecified atom stereocenters. The van der Waals surface area contributed by atoms with E-state index in [-0.39, 0.29) is 0 Å². The molecule has 0 nitrogen and oxygen atoms in total. The standard InChI is InChI=1S/C21H24/c1-5-15(4)21-17(14(2)3)12-13-19-18-9-7-6-8-16(18)10-11-20(19)21/h7,9-14H,4-6,8H2,1-3H3. The van der Waals surface area contributed by atoms with Crippen LogP contribution in [0.5, 0.6) is 0 Å². The fraction of sp³-hybridized carbons (Fsp3) is 0.333. The number of rotatable bonds is 3. The monoisotopic (exact) mass is 276 g/mol. The Bertz CT molecular complexity index is 729. The first-order valence-corrected chi connectivity index (χ1v) is 8.06. The summed E-state index contributed by atoms with van der Waals surface area (Å²) < 4.78 is 0. The van der Waals surface area contributed by atoms with Crippen LogP contribution in [0.4, 0.5) is 0 Å². The van der Waals surface area contributed by atoms with E-state index in [2.05, 4.69) is 63.8 Å². The van der Waals surface area contributed by atoms with Crippen LogP contribution >= 0.6 is 0 Å². The van der Waals surface area contributed by atoms with E-state index in [0.717, 1.165) is 19.3 Å².